The summed E-state index contributed by atoms with van der Waals surface area (Å²) < 4.78 is 37.6. The van der Waals surface area contributed by atoms with Gasteiger partial charge in [-0.3, -0.25) is 4.90 Å². The highest BCUT2D eigenvalue weighted by atomic mass is 32.2. The Morgan fingerprint density at radius 1 is 0.919 bits per heavy atom. The Hall–Kier alpha value is -3.68. The average molecular weight is 521 g/mol. The number of nitrogens with zero attached hydrogens (tertiary/aromatic N) is 1. The molecule has 1 heterocycles. The largest absolute Gasteiger partial charge is 0.479 e. The molecule has 0 spiro atoms. The predicted molar refractivity (Wildman–Crippen MR) is 140 cm³/mol. The van der Waals surface area contributed by atoms with E-state index in [9.17, 15) is 18.3 Å². The van der Waals surface area contributed by atoms with Crippen molar-refractivity contribution in [2.75, 3.05) is 32.8 Å². The van der Waals surface area contributed by atoms with E-state index in [1.165, 1.54) is 12.1 Å². The Balaban J connectivity index is 1.47. The van der Waals surface area contributed by atoms with Gasteiger partial charge in [-0.25, -0.2) is 13.2 Å². The number of hydrogen-bond acceptors (Lipinski definition) is 7. The molecular formula is C28H28N2O6S. The van der Waals surface area contributed by atoms with Crippen LogP contribution in [0.3, 0.4) is 0 Å². The number of rotatable bonds is 8. The maximum atomic E-state index is 13.2. The number of aliphatic carboxylic acids is 1. The number of carbonyl (C=O) groups is 1. The quantitative estimate of drug-likeness (QED) is 0.434. The number of hydrogen-bond donors (Lipinski definition) is 2. The molecule has 0 aromatic heterocycles. The first-order valence-corrected chi connectivity index (χ1v) is 13.2. The van der Waals surface area contributed by atoms with Crippen molar-refractivity contribution < 1.29 is 27.8 Å². The Morgan fingerprint density at radius 3 is 2.08 bits per heavy atom. The molecule has 8 nitrogen and oxygen atoms in total. The molecule has 4 rings (SSSR count). The van der Waals surface area contributed by atoms with Crippen molar-refractivity contribution in [3.8, 4) is 34.5 Å². The fourth-order valence-electron chi connectivity index (χ4n) is 3.78. The van der Waals surface area contributed by atoms with E-state index in [1.807, 2.05) is 59.5 Å². The third kappa shape index (κ3) is 6.18. The number of carboxylic acids is 1. The van der Waals surface area contributed by atoms with Crippen molar-refractivity contribution in [1.82, 2.24) is 4.90 Å². The van der Waals surface area contributed by atoms with E-state index in [4.69, 9.17) is 15.2 Å². The van der Waals surface area contributed by atoms with E-state index in [2.05, 4.69) is 11.8 Å². The minimum Gasteiger partial charge on any atom is -0.479 e. The highest BCUT2D eigenvalue weighted by Gasteiger charge is 2.48. The third-order valence-electron chi connectivity index (χ3n) is 6.06. The van der Waals surface area contributed by atoms with Crippen molar-refractivity contribution in [3.63, 3.8) is 0 Å². The molecule has 1 aliphatic heterocycles. The summed E-state index contributed by atoms with van der Waals surface area (Å²) >= 11 is 0. The standard InChI is InChI=1S/C28H28N2O6S/c29-28(27(31)32,16-4-5-17-30-18-20-35-21-19-30)37(33,34)26-14-10-23(11-15-26)22-8-12-25(13-9-22)36-24-6-2-1-3-7-24/h1-3,6-15H,16-21,29H2,(H,31,32). The van der Waals surface area contributed by atoms with Crippen LogP contribution in [-0.2, 0) is 19.4 Å². The Kier molecular flexibility index (Phi) is 8.26. The van der Waals surface area contributed by atoms with Crippen LogP contribution in [0.15, 0.2) is 83.8 Å². The monoisotopic (exact) mass is 520 g/mol. The molecule has 1 saturated heterocycles. The number of nitrogens with two attached hydrogens (primary N) is 1. The van der Waals surface area contributed by atoms with E-state index in [0.717, 1.165) is 30.0 Å². The number of benzene rings is 3. The number of carboxylic acid groups (broad SMARTS) is 1. The maximum Gasteiger partial charge on any atom is 0.340 e. The maximum absolute atomic E-state index is 13.2. The topological polar surface area (TPSA) is 119 Å². The first-order valence-electron chi connectivity index (χ1n) is 11.8. The second kappa shape index (κ2) is 11.6. The molecule has 9 heteroatoms. The molecule has 0 aliphatic carbocycles. The van der Waals surface area contributed by atoms with E-state index in [0.29, 0.717) is 25.5 Å². The van der Waals surface area contributed by atoms with Gasteiger partial charge in [-0.15, -0.1) is 0 Å². The Labute approximate surface area is 216 Å². The van der Waals surface area contributed by atoms with Crippen molar-refractivity contribution in [1.29, 1.82) is 0 Å². The van der Waals surface area contributed by atoms with E-state index in [-0.39, 0.29) is 4.90 Å². The minimum absolute atomic E-state index is 0.180. The zero-order chi connectivity index (χ0) is 26.3. The van der Waals surface area contributed by atoms with Crippen LogP contribution in [0, 0.1) is 11.8 Å². The van der Waals surface area contributed by atoms with Gasteiger partial charge in [0.1, 0.15) is 11.5 Å². The molecule has 0 amide bonds. The summed E-state index contributed by atoms with van der Waals surface area (Å²) in [7, 11) is -4.42. The van der Waals surface area contributed by atoms with E-state index in [1.54, 1.807) is 12.1 Å². The fourth-order valence-corrected chi connectivity index (χ4v) is 5.19. The molecule has 192 valence electrons. The van der Waals surface area contributed by atoms with Crippen LogP contribution in [-0.4, -0.2) is 62.1 Å². The fraction of sp³-hybridized carbons (Fsp3) is 0.250. The highest BCUT2D eigenvalue weighted by Crippen LogP contribution is 2.29. The van der Waals surface area contributed by atoms with Crippen molar-refractivity contribution in [3.05, 3.63) is 78.9 Å². The Morgan fingerprint density at radius 2 is 1.49 bits per heavy atom. The number of para-hydroxylation sites is 1. The summed E-state index contributed by atoms with van der Waals surface area (Å²) in [6.45, 7) is 3.04. The first-order chi connectivity index (χ1) is 17.8. The number of ether oxygens (including phenoxy) is 2. The van der Waals surface area contributed by atoms with Crippen molar-refractivity contribution in [2.45, 2.75) is 16.2 Å². The van der Waals surface area contributed by atoms with E-state index >= 15 is 0 Å². The summed E-state index contributed by atoms with van der Waals surface area (Å²) in [6, 6.07) is 22.7. The van der Waals surface area contributed by atoms with Gasteiger partial charge in [-0.2, -0.15) is 0 Å². The van der Waals surface area contributed by atoms with Gasteiger partial charge in [0, 0.05) is 13.1 Å². The van der Waals surface area contributed by atoms with Crippen LogP contribution in [0.4, 0.5) is 0 Å². The lowest BCUT2D eigenvalue weighted by Gasteiger charge is -2.24. The molecule has 1 fully saturated rings. The molecule has 1 atom stereocenters. The van der Waals surface area contributed by atoms with Crippen molar-refractivity contribution >= 4 is 15.8 Å². The SMILES string of the molecule is NC(CC#CCN1CCOCC1)(C(=O)O)S(=O)(=O)c1ccc(-c2ccc(Oc3ccccc3)cc2)cc1. The lowest BCUT2D eigenvalue weighted by molar-refractivity contribution is -0.139. The molecule has 3 N–H and O–H groups in total. The minimum atomic E-state index is -4.42. The lowest BCUT2D eigenvalue weighted by Crippen LogP contribution is -2.54. The summed E-state index contributed by atoms with van der Waals surface area (Å²) in [4.78, 5) is 11.3. The van der Waals surface area contributed by atoms with Gasteiger partial charge in [-0.05, 0) is 47.5 Å². The van der Waals surface area contributed by atoms with Crippen LogP contribution >= 0.6 is 0 Å². The van der Waals surface area contributed by atoms with Crippen molar-refractivity contribution in [2.24, 2.45) is 5.73 Å². The molecule has 3 aromatic rings. The van der Waals surface area contributed by atoms with Crippen LogP contribution < -0.4 is 10.5 Å². The van der Waals surface area contributed by atoms with E-state index < -0.39 is 27.1 Å². The third-order valence-corrected chi connectivity index (χ3v) is 8.23. The van der Waals surface area contributed by atoms with Gasteiger partial charge in [0.05, 0.1) is 31.1 Å². The van der Waals surface area contributed by atoms with Gasteiger partial charge >= 0.3 is 5.97 Å². The predicted octanol–water partition coefficient (Wildman–Crippen LogP) is 3.38. The average Bonchev–Trinajstić information content (AvgIpc) is 2.92. The van der Waals surface area contributed by atoms with Crippen LogP contribution in [0.5, 0.6) is 11.5 Å². The van der Waals surface area contributed by atoms with Gasteiger partial charge in [0.25, 0.3) is 0 Å². The van der Waals surface area contributed by atoms with Gasteiger partial charge in [-0.1, -0.05) is 54.3 Å². The number of sulfone groups is 1. The summed E-state index contributed by atoms with van der Waals surface area (Å²) in [5.74, 6) is 5.24. The highest BCUT2D eigenvalue weighted by molar-refractivity contribution is 7.93. The normalized spacial score (nSPS) is 15.7. The molecule has 0 bridgehead atoms. The molecule has 3 aromatic carbocycles. The molecule has 1 unspecified atom stereocenters. The van der Waals surface area contributed by atoms with Crippen LogP contribution in [0.1, 0.15) is 6.42 Å². The molecule has 1 aliphatic rings. The smallest absolute Gasteiger partial charge is 0.340 e. The second-order valence-corrected chi connectivity index (χ2v) is 10.8. The lowest BCUT2D eigenvalue weighted by atomic mass is 10.1. The van der Waals surface area contributed by atoms with Gasteiger partial charge in [0.2, 0.25) is 14.7 Å². The summed E-state index contributed by atoms with van der Waals surface area (Å²) in [6.07, 6.45) is -0.528. The number of morpholine rings is 1. The van der Waals surface area contributed by atoms with Crippen LogP contribution in [0.25, 0.3) is 11.1 Å². The second-order valence-electron chi connectivity index (χ2n) is 8.58. The van der Waals surface area contributed by atoms with Gasteiger partial charge in [0.15, 0.2) is 0 Å². The molecule has 0 radical (unpaired) electrons. The first kappa shape index (κ1) is 26.4. The summed E-state index contributed by atoms with van der Waals surface area (Å²) in [5.41, 5.74) is 7.56. The summed E-state index contributed by atoms with van der Waals surface area (Å²) in [5, 5.41) is 9.73. The Bertz CT molecular complexity index is 1370. The van der Waals surface area contributed by atoms with Gasteiger partial charge < -0.3 is 20.3 Å². The zero-order valence-corrected chi connectivity index (χ0v) is 21.0. The molecular weight excluding hydrogens is 492 g/mol. The zero-order valence-electron chi connectivity index (χ0n) is 20.2. The molecule has 0 saturated carbocycles. The van der Waals surface area contributed by atoms with Crippen LogP contribution in [0.2, 0.25) is 0 Å². The molecule has 37 heavy (non-hydrogen) atoms.